The number of benzene rings is 1. The predicted octanol–water partition coefficient (Wildman–Crippen LogP) is 3.83. The lowest BCUT2D eigenvalue weighted by molar-refractivity contribution is 0.174. The van der Waals surface area contributed by atoms with E-state index in [0.29, 0.717) is 13.1 Å². The van der Waals surface area contributed by atoms with Gasteiger partial charge >= 0.3 is 0 Å². The van der Waals surface area contributed by atoms with Crippen LogP contribution < -0.4 is 5.32 Å². The molecule has 4 heteroatoms. The van der Waals surface area contributed by atoms with E-state index in [4.69, 9.17) is 4.42 Å². The van der Waals surface area contributed by atoms with Crippen LogP contribution in [0.5, 0.6) is 0 Å². The summed E-state index contributed by atoms with van der Waals surface area (Å²) < 4.78 is 5.80. The highest BCUT2D eigenvalue weighted by molar-refractivity contribution is 7.07. The maximum atomic E-state index is 9.98. The van der Waals surface area contributed by atoms with Gasteiger partial charge in [0.2, 0.25) is 0 Å². The summed E-state index contributed by atoms with van der Waals surface area (Å²) in [5.74, 6) is 1.73. The van der Waals surface area contributed by atoms with Crippen LogP contribution in [0.15, 0.2) is 63.7 Å². The third kappa shape index (κ3) is 3.61. The smallest absolute Gasteiger partial charge is 0.134 e. The van der Waals surface area contributed by atoms with Gasteiger partial charge in [-0.25, -0.2) is 0 Å². The van der Waals surface area contributed by atoms with Crippen molar-refractivity contribution in [1.29, 1.82) is 0 Å². The van der Waals surface area contributed by atoms with Crippen molar-refractivity contribution in [2.24, 2.45) is 0 Å². The van der Waals surface area contributed by atoms with E-state index in [9.17, 15) is 5.11 Å². The largest absolute Gasteiger partial charge is 0.460 e. The van der Waals surface area contributed by atoms with Gasteiger partial charge < -0.3 is 14.8 Å². The minimum Gasteiger partial charge on any atom is -0.460 e. The van der Waals surface area contributed by atoms with Gasteiger partial charge in [-0.3, -0.25) is 0 Å². The summed E-state index contributed by atoms with van der Waals surface area (Å²) in [4.78, 5) is 0. The zero-order valence-corrected chi connectivity index (χ0v) is 12.3. The molecule has 3 rings (SSSR count). The maximum absolute atomic E-state index is 9.98. The Morgan fingerprint density at radius 1 is 1.10 bits per heavy atom. The molecule has 1 atom stereocenters. The topological polar surface area (TPSA) is 45.4 Å². The Morgan fingerprint density at radius 2 is 1.95 bits per heavy atom. The lowest BCUT2D eigenvalue weighted by Crippen LogP contribution is -2.20. The molecule has 21 heavy (non-hydrogen) atoms. The van der Waals surface area contributed by atoms with Gasteiger partial charge in [-0.15, -0.1) is 0 Å². The van der Waals surface area contributed by atoms with E-state index < -0.39 is 6.10 Å². The number of aliphatic hydroxyl groups is 1. The van der Waals surface area contributed by atoms with Crippen molar-refractivity contribution in [3.8, 4) is 11.3 Å². The summed E-state index contributed by atoms with van der Waals surface area (Å²) in [5.41, 5.74) is 2.03. The molecule has 0 aliphatic carbocycles. The van der Waals surface area contributed by atoms with Crippen molar-refractivity contribution >= 4 is 11.3 Å². The van der Waals surface area contributed by atoms with Crippen LogP contribution in [0.4, 0.5) is 0 Å². The molecule has 0 spiro atoms. The SMILES string of the molecule is OC(CNCc1ccc(-c2ccccc2)o1)c1ccsc1. The monoisotopic (exact) mass is 299 g/mol. The molecule has 0 saturated carbocycles. The summed E-state index contributed by atoms with van der Waals surface area (Å²) in [6, 6.07) is 15.9. The predicted molar refractivity (Wildman–Crippen MR) is 85.1 cm³/mol. The summed E-state index contributed by atoms with van der Waals surface area (Å²) >= 11 is 1.59. The van der Waals surface area contributed by atoms with E-state index in [0.717, 1.165) is 22.6 Å². The molecule has 1 unspecified atom stereocenters. The normalized spacial score (nSPS) is 12.4. The van der Waals surface area contributed by atoms with E-state index >= 15 is 0 Å². The van der Waals surface area contributed by atoms with Crippen molar-refractivity contribution in [2.45, 2.75) is 12.6 Å². The Bertz CT molecular complexity index is 661. The highest BCUT2D eigenvalue weighted by Gasteiger charge is 2.08. The van der Waals surface area contributed by atoms with Crippen LogP contribution in [-0.2, 0) is 6.54 Å². The van der Waals surface area contributed by atoms with Gasteiger partial charge in [-0.05, 0) is 34.5 Å². The van der Waals surface area contributed by atoms with Gasteiger partial charge in [-0.1, -0.05) is 30.3 Å². The van der Waals surface area contributed by atoms with Crippen LogP contribution >= 0.6 is 11.3 Å². The fraction of sp³-hybridized carbons (Fsp3) is 0.176. The zero-order chi connectivity index (χ0) is 14.5. The van der Waals surface area contributed by atoms with Gasteiger partial charge in [-0.2, -0.15) is 11.3 Å². The van der Waals surface area contributed by atoms with Gasteiger partial charge in [0.05, 0.1) is 12.6 Å². The van der Waals surface area contributed by atoms with Gasteiger partial charge in [0.1, 0.15) is 11.5 Å². The maximum Gasteiger partial charge on any atom is 0.134 e. The Labute approximate surface area is 127 Å². The Hall–Kier alpha value is -1.88. The second kappa shape index (κ2) is 6.72. The van der Waals surface area contributed by atoms with Crippen LogP contribution in [-0.4, -0.2) is 11.7 Å². The lowest BCUT2D eigenvalue weighted by Gasteiger charge is -2.09. The molecule has 2 heterocycles. The summed E-state index contributed by atoms with van der Waals surface area (Å²) in [6.45, 7) is 1.12. The molecular weight excluding hydrogens is 282 g/mol. The van der Waals surface area contributed by atoms with Crippen molar-refractivity contribution in [1.82, 2.24) is 5.32 Å². The number of nitrogens with one attached hydrogen (secondary N) is 1. The third-order valence-corrected chi connectivity index (χ3v) is 3.99. The molecule has 0 saturated heterocycles. The molecule has 0 aliphatic heterocycles. The summed E-state index contributed by atoms with van der Waals surface area (Å²) in [7, 11) is 0. The minimum absolute atomic E-state index is 0.472. The van der Waals surface area contributed by atoms with E-state index in [2.05, 4.69) is 5.32 Å². The quantitative estimate of drug-likeness (QED) is 0.727. The average molecular weight is 299 g/mol. The molecule has 0 bridgehead atoms. The lowest BCUT2D eigenvalue weighted by atomic mass is 10.2. The Balaban J connectivity index is 1.54. The van der Waals surface area contributed by atoms with Crippen molar-refractivity contribution < 1.29 is 9.52 Å². The second-order valence-corrected chi connectivity index (χ2v) is 5.62. The highest BCUT2D eigenvalue weighted by atomic mass is 32.1. The number of rotatable bonds is 6. The zero-order valence-electron chi connectivity index (χ0n) is 11.5. The first-order valence-corrected chi connectivity index (χ1v) is 7.82. The van der Waals surface area contributed by atoms with E-state index in [1.54, 1.807) is 11.3 Å². The second-order valence-electron chi connectivity index (χ2n) is 4.84. The third-order valence-electron chi connectivity index (χ3n) is 3.28. The standard InChI is InChI=1S/C17H17NO2S/c19-16(14-8-9-21-12-14)11-18-10-15-6-7-17(20-15)13-4-2-1-3-5-13/h1-9,12,16,18-19H,10-11H2. The molecule has 0 amide bonds. The summed E-state index contributed by atoms with van der Waals surface area (Å²) in [5, 5.41) is 17.1. The van der Waals surface area contributed by atoms with Gasteiger partial charge in [0, 0.05) is 12.1 Å². The molecule has 3 aromatic rings. The van der Waals surface area contributed by atoms with Crippen LogP contribution in [0.25, 0.3) is 11.3 Å². The van der Waals surface area contributed by atoms with Crippen molar-refractivity contribution in [3.05, 3.63) is 70.6 Å². The first-order chi connectivity index (χ1) is 10.3. The molecule has 1 aromatic carbocycles. The molecule has 0 aliphatic rings. The molecular formula is C17H17NO2S. The molecule has 0 radical (unpaired) electrons. The fourth-order valence-corrected chi connectivity index (χ4v) is 2.85. The van der Waals surface area contributed by atoms with E-state index in [1.807, 2.05) is 59.3 Å². The van der Waals surface area contributed by atoms with Crippen molar-refractivity contribution in [3.63, 3.8) is 0 Å². The Morgan fingerprint density at radius 3 is 2.71 bits per heavy atom. The van der Waals surface area contributed by atoms with Crippen LogP contribution in [0.2, 0.25) is 0 Å². The highest BCUT2D eigenvalue weighted by Crippen LogP contribution is 2.21. The fourth-order valence-electron chi connectivity index (χ4n) is 2.15. The van der Waals surface area contributed by atoms with Crippen LogP contribution in [0.3, 0.4) is 0 Å². The number of furan rings is 1. The van der Waals surface area contributed by atoms with E-state index in [1.165, 1.54) is 0 Å². The number of hydrogen-bond donors (Lipinski definition) is 2. The minimum atomic E-state index is -0.472. The van der Waals surface area contributed by atoms with Crippen LogP contribution in [0.1, 0.15) is 17.4 Å². The molecule has 2 aromatic heterocycles. The van der Waals surface area contributed by atoms with Gasteiger partial charge in [0.15, 0.2) is 0 Å². The Kier molecular flexibility index (Phi) is 4.50. The number of thiophene rings is 1. The summed E-state index contributed by atoms with van der Waals surface area (Å²) in [6.07, 6.45) is -0.472. The molecule has 0 fully saturated rings. The first-order valence-electron chi connectivity index (χ1n) is 6.88. The average Bonchev–Trinajstić information content (AvgIpc) is 3.20. The van der Waals surface area contributed by atoms with E-state index in [-0.39, 0.29) is 0 Å². The van der Waals surface area contributed by atoms with Crippen LogP contribution in [0, 0.1) is 0 Å². The molecule has 108 valence electrons. The number of hydrogen-bond acceptors (Lipinski definition) is 4. The van der Waals surface area contributed by atoms with Crippen molar-refractivity contribution in [2.75, 3.05) is 6.54 Å². The number of aliphatic hydroxyl groups excluding tert-OH is 1. The first kappa shape index (κ1) is 14.1. The molecule has 2 N–H and O–H groups in total. The molecule has 3 nitrogen and oxygen atoms in total. The van der Waals surface area contributed by atoms with Gasteiger partial charge in [0.25, 0.3) is 0 Å².